The van der Waals surface area contributed by atoms with Gasteiger partial charge in [0.25, 0.3) is 0 Å². The van der Waals surface area contributed by atoms with E-state index in [0.717, 1.165) is 48.6 Å². The van der Waals surface area contributed by atoms with Gasteiger partial charge in [-0.3, -0.25) is 10.1 Å². The zero-order chi connectivity index (χ0) is 14.8. The Morgan fingerprint density at radius 3 is 2.95 bits per heavy atom. The van der Waals surface area contributed by atoms with Crippen molar-refractivity contribution in [2.24, 2.45) is 0 Å². The predicted octanol–water partition coefficient (Wildman–Crippen LogP) is 2.96. The summed E-state index contributed by atoms with van der Waals surface area (Å²) in [6.07, 6.45) is 3.14. The van der Waals surface area contributed by atoms with Gasteiger partial charge in [-0.25, -0.2) is 4.39 Å². The van der Waals surface area contributed by atoms with Crippen molar-refractivity contribution in [3.63, 3.8) is 0 Å². The van der Waals surface area contributed by atoms with Crippen molar-refractivity contribution in [2.75, 3.05) is 18.8 Å². The smallest absolute Gasteiger partial charge is 0.239 e. The van der Waals surface area contributed by atoms with Crippen LogP contribution >= 0.6 is 11.8 Å². The molecule has 1 N–H and O–H groups in total. The number of halogens is 1. The number of amides is 1. The molecule has 0 aromatic heterocycles. The lowest BCUT2D eigenvalue weighted by atomic mass is 10.0. The molecule has 0 spiro atoms. The Morgan fingerprint density at radius 1 is 1.43 bits per heavy atom. The lowest BCUT2D eigenvalue weighted by Gasteiger charge is -2.30. The molecule has 1 aromatic rings. The average Bonchev–Trinajstić information content (AvgIpc) is 3.02. The van der Waals surface area contributed by atoms with Gasteiger partial charge >= 0.3 is 0 Å². The summed E-state index contributed by atoms with van der Waals surface area (Å²) in [6.45, 7) is 3.66. The number of rotatable bonds is 3. The van der Waals surface area contributed by atoms with Crippen LogP contribution in [0.3, 0.4) is 0 Å². The average molecular weight is 308 g/mol. The number of likely N-dealkylation sites (tertiary alicyclic amines) is 1. The van der Waals surface area contributed by atoms with Gasteiger partial charge in [-0.15, -0.1) is 11.8 Å². The lowest BCUT2D eigenvalue weighted by Crippen LogP contribution is -2.45. The van der Waals surface area contributed by atoms with Crippen LogP contribution in [-0.2, 0) is 4.79 Å². The van der Waals surface area contributed by atoms with Gasteiger partial charge in [-0.2, -0.15) is 0 Å². The van der Waals surface area contributed by atoms with Crippen molar-refractivity contribution in [1.82, 2.24) is 10.2 Å². The molecule has 2 unspecified atom stereocenters. The van der Waals surface area contributed by atoms with Crippen LogP contribution in [0.25, 0.3) is 0 Å². The maximum Gasteiger partial charge on any atom is 0.239 e. The molecule has 1 saturated heterocycles. The van der Waals surface area contributed by atoms with E-state index in [2.05, 4.69) is 5.32 Å². The quantitative estimate of drug-likeness (QED) is 0.932. The molecule has 1 aromatic carbocycles. The molecule has 0 bridgehead atoms. The molecule has 0 saturated carbocycles. The summed E-state index contributed by atoms with van der Waals surface area (Å²) in [6, 6.07) is 5.08. The summed E-state index contributed by atoms with van der Waals surface area (Å²) < 4.78 is 13.9. The largest absolute Gasteiger partial charge is 0.341 e. The van der Waals surface area contributed by atoms with E-state index in [1.807, 2.05) is 17.9 Å². The van der Waals surface area contributed by atoms with Crippen LogP contribution in [-0.4, -0.2) is 35.7 Å². The first-order valence-corrected chi connectivity index (χ1v) is 8.61. The van der Waals surface area contributed by atoms with Crippen molar-refractivity contribution in [2.45, 2.75) is 43.2 Å². The van der Waals surface area contributed by atoms with Crippen molar-refractivity contribution in [3.8, 4) is 0 Å². The molecule has 3 rings (SSSR count). The van der Waals surface area contributed by atoms with E-state index >= 15 is 0 Å². The molecule has 2 aliphatic heterocycles. The number of hydrogen-bond donors (Lipinski definition) is 1. The van der Waals surface area contributed by atoms with Crippen LogP contribution < -0.4 is 5.32 Å². The highest BCUT2D eigenvalue weighted by atomic mass is 32.2. The number of thioether (sulfide) groups is 1. The Labute approximate surface area is 129 Å². The fourth-order valence-corrected chi connectivity index (χ4v) is 4.28. The Bertz CT molecular complexity index is 531. The molecule has 2 aliphatic rings. The molecule has 0 aliphatic carbocycles. The van der Waals surface area contributed by atoms with Crippen LogP contribution in [0.4, 0.5) is 4.39 Å². The fourth-order valence-electron chi connectivity index (χ4n) is 3.14. The molecular formula is C16H21FN2OS. The second kappa shape index (κ2) is 6.36. The Balaban J connectivity index is 1.71. The van der Waals surface area contributed by atoms with Gasteiger partial charge in [-0.1, -0.05) is 12.1 Å². The maximum atomic E-state index is 13.9. The van der Waals surface area contributed by atoms with E-state index in [-0.39, 0.29) is 23.8 Å². The summed E-state index contributed by atoms with van der Waals surface area (Å²) >= 11 is 1.57. The zero-order valence-electron chi connectivity index (χ0n) is 12.3. The molecule has 5 heteroatoms. The van der Waals surface area contributed by atoms with Gasteiger partial charge in [0.05, 0.1) is 6.04 Å². The third kappa shape index (κ3) is 3.09. The zero-order valence-corrected chi connectivity index (χ0v) is 13.1. The molecule has 2 atom stereocenters. The van der Waals surface area contributed by atoms with Gasteiger partial charge in [0.2, 0.25) is 5.91 Å². The van der Waals surface area contributed by atoms with E-state index in [1.54, 1.807) is 17.8 Å². The number of hydrogen-bond acceptors (Lipinski definition) is 3. The molecule has 1 amide bonds. The number of nitrogens with one attached hydrogen (secondary N) is 1. The number of nitrogens with zero attached hydrogens (tertiary/aromatic N) is 1. The summed E-state index contributed by atoms with van der Waals surface area (Å²) in [5.41, 5.74) is 0.993. The topological polar surface area (TPSA) is 32.3 Å². The van der Waals surface area contributed by atoms with Gasteiger partial charge in [-0.05, 0) is 43.6 Å². The van der Waals surface area contributed by atoms with Gasteiger partial charge in [0.1, 0.15) is 5.82 Å². The first kappa shape index (κ1) is 14.9. The molecular weight excluding hydrogens is 287 g/mol. The second-order valence-electron chi connectivity index (χ2n) is 5.77. The maximum absolute atomic E-state index is 13.9. The van der Waals surface area contributed by atoms with Gasteiger partial charge in [0, 0.05) is 24.0 Å². The normalized spacial score (nSPS) is 23.0. The summed E-state index contributed by atoms with van der Waals surface area (Å²) in [5.74, 6) is 0.905. The van der Waals surface area contributed by atoms with E-state index < -0.39 is 0 Å². The third-order valence-corrected chi connectivity index (χ3v) is 5.42. The Hall–Kier alpha value is -1.07. The van der Waals surface area contributed by atoms with E-state index in [1.165, 1.54) is 6.07 Å². The molecule has 1 fully saturated rings. The number of carbonyl (C=O) groups excluding carboxylic acids is 1. The van der Waals surface area contributed by atoms with Crippen molar-refractivity contribution in [3.05, 3.63) is 29.6 Å². The number of carbonyl (C=O) groups is 1. The second-order valence-corrected chi connectivity index (χ2v) is 6.87. The number of benzene rings is 1. The van der Waals surface area contributed by atoms with Gasteiger partial charge < -0.3 is 4.90 Å². The summed E-state index contributed by atoms with van der Waals surface area (Å²) in [4.78, 5) is 15.1. The first-order valence-electron chi connectivity index (χ1n) is 7.63. The number of fused-ring (bicyclic) bond motifs is 1. The van der Waals surface area contributed by atoms with E-state index in [0.29, 0.717) is 0 Å². The summed E-state index contributed by atoms with van der Waals surface area (Å²) in [5, 5.41) is 3.41. The van der Waals surface area contributed by atoms with Crippen molar-refractivity contribution < 1.29 is 9.18 Å². The highest BCUT2D eigenvalue weighted by Gasteiger charge is 2.28. The minimum Gasteiger partial charge on any atom is -0.341 e. The molecule has 21 heavy (non-hydrogen) atoms. The van der Waals surface area contributed by atoms with Crippen LogP contribution in [0.5, 0.6) is 0 Å². The standard InChI is InChI=1S/C16H21FN2OS/c1-11(16(20)19-8-2-3-9-19)18-14-7-10-21-15-12(14)5-4-6-13(15)17/h4-6,11,14,18H,2-3,7-10H2,1H3. The SMILES string of the molecule is CC(NC1CCSc2c(F)cccc21)C(=O)N1CCCC1. The van der Waals surface area contributed by atoms with E-state index in [9.17, 15) is 9.18 Å². The van der Waals surface area contributed by atoms with Crippen LogP contribution in [0.1, 0.15) is 37.8 Å². The van der Waals surface area contributed by atoms with Crippen molar-refractivity contribution in [1.29, 1.82) is 0 Å². The predicted molar refractivity (Wildman–Crippen MR) is 82.9 cm³/mol. The molecule has 114 valence electrons. The van der Waals surface area contributed by atoms with Gasteiger partial charge in [0.15, 0.2) is 0 Å². The monoisotopic (exact) mass is 308 g/mol. The first-order chi connectivity index (χ1) is 10.2. The fraction of sp³-hybridized carbons (Fsp3) is 0.562. The van der Waals surface area contributed by atoms with Crippen LogP contribution in [0, 0.1) is 5.82 Å². The van der Waals surface area contributed by atoms with Crippen LogP contribution in [0.15, 0.2) is 23.1 Å². The lowest BCUT2D eigenvalue weighted by molar-refractivity contribution is -0.132. The Kier molecular flexibility index (Phi) is 4.50. The molecule has 2 heterocycles. The minimum atomic E-state index is -0.215. The molecule has 3 nitrogen and oxygen atoms in total. The highest BCUT2D eigenvalue weighted by Crippen LogP contribution is 2.37. The van der Waals surface area contributed by atoms with E-state index in [4.69, 9.17) is 0 Å². The third-order valence-electron chi connectivity index (χ3n) is 4.27. The highest BCUT2D eigenvalue weighted by molar-refractivity contribution is 7.99. The van der Waals surface area contributed by atoms with Crippen molar-refractivity contribution >= 4 is 17.7 Å². The van der Waals surface area contributed by atoms with Crippen LogP contribution in [0.2, 0.25) is 0 Å². The minimum absolute atomic E-state index is 0.0681. The molecule has 0 radical (unpaired) electrons. The summed E-state index contributed by atoms with van der Waals surface area (Å²) in [7, 11) is 0. The Morgan fingerprint density at radius 2 is 2.19 bits per heavy atom.